The zero-order valence-corrected chi connectivity index (χ0v) is 38.1. The second-order valence-corrected chi connectivity index (χ2v) is 18.5. The third kappa shape index (κ3) is 10.3. The minimum Gasteiger partial charge on any atom is -0.481 e. The normalized spacial score (nSPS) is 18.8. The summed E-state index contributed by atoms with van der Waals surface area (Å²) in [5.41, 5.74) is 7.24. The molecule has 63 heavy (non-hydrogen) atoms. The van der Waals surface area contributed by atoms with E-state index in [0.717, 1.165) is 44.0 Å². The van der Waals surface area contributed by atoms with Crippen LogP contribution >= 0.6 is 11.3 Å². The molecule has 3 aromatic heterocycles. The van der Waals surface area contributed by atoms with Crippen molar-refractivity contribution in [1.29, 1.82) is 0 Å². The van der Waals surface area contributed by atoms with Gasteiger partial charge in [0.2, 0.25) is 5.91 Å². The predicted molar refractivity (Wildman–Crippen MR) is 236 cm³/mol. The summed E-state index contributed by atoms with van der Waals surface area (Å²) in [6.45, 7) is 12.4. The summed E-state index contributed by atoms with van der Waals surface area (Å²) in [5, 5.41) is 16.3. The van der Waals surface area contributed by atoms with E-state index in [9.17, 15) is 33.6 Å². The number of cyclic esters (lactones) is 1. The van der Waals surface area contributed by atoms with Gasteiger partial charge in [-0.1, -0.05) is 39.4 Å². The first-order valence-corrected chi connectivity index (χ1v) is 22.3. The van der Waals surface area contributed by atoms with Crippen LogP contribution in [0.15, 0.2) is 41.9 Å². The number of esters is 1. The van der Waals surface area contributed by atoms with Crippen LogP contribution in [0.3, 0.4) is 0 Å². The molecule has 0 radical (unpaired) electrons. The molecule has 0 saturated carbocycles. The van der Waals surface area contributed by atoms with Crippen molar-refractivity contribution in [3.05, 3.63) is 58.2 Å². The van der Waals surface area contributed by atoms with Gasteiger partial charge >= 0.3 is 18.0 Å². The zero-order valence-electron chi connectivity index (χ0n) is 37.3. The lowest BCUT2D eigenvalue weighted by Crippen LogP contribution is -2.62. The second kappa shape index (κ2) is 19.9. The Bertz CT molecular complexity index is 2320. The average molecular weight is 891 g/mol. The van der Waals surface area contributed by atoms with Gasteiger partial charge in [-0.25, -0.2) is 14.8 Å². The second-order valence-electron chi connectivity index (χ2n) is 17.6. The van der Waals surface area contributed by atoms with Crippen LogP contribution < -0.4 is 11.0 Å². The number of aryl methyl sites for hydroxylation is 1. The van der Waals surface area contributed by atoms with Gasteiger partial charge in [0.25, 0.3) is 5.91 Å². The van der Waals surface area contributed by atoms with Crippen molar-refractivity contribution in [3.63, 3.8) is 0 Å². The highest BCUT2D eigenvalue weighted by atomic mass is 32.1. The Morgan fingerprint density at radius 3 is 2.56 bits per heavy atom. The van der Waals surface area contributed by atoms with Gasteiger partial charge in [0.05, 0.1) is 40.7 Å². The molecular formula is C45H59FN8O8S. The highest BCUT2D eigenvalue weighted by molar-refractivity contribution is 7.10. The number of nitrogens with zero attached hydrogens (tertiary/aromatic N) is 6. The summed E-state index contributed by atoms with van der Waals surface area (Å²) < 4.78 is 28.4. The number of thiazole rings is 1. The number of likely N-dealkylation sites (N-methyl/N-ethyl adjacent to an activating group) is 1. The van der Waals surface area contributed by atoms with Gasteiger partial charge in [-0.2, -0.15) is 0 Å². The van der Waals surface area contributed by atoms with Gasteiger partial charge in [0.15, 0.2) is 0 Å². The van der Waals surface area contributed by atoms with Crippen LogP contribution in [0.2, 0.25) is 0 Å². The summed E-state index contributed by atoms with van der Waals surface area (Å²) >= 11 is 1.30. The van der Waals surface area contributed by atoms with Gasteiger partial charge < -0.3 is 34.3 Å². The number of aromatic nitrogens is 3. The number of rotatable bonds is 10. The monoisotopic (exact) mass is 890 g/mol. The number of halogens is 1. The van der Waals surface area contributed by atoms with Crippen LogP contribution in [0.5, 0.6) is 0 Å². The molecule has 1 unspecified atom stereocenters. The van der Waals surface area contributed by atoms with Crippen molar-refractivity contribution < 1.29 is 43.0 Å². The van der Waals surface area contributed by atoms with E-state index in [4.69, 9.17) is 19.4 Å². The standard InChI is InChI=1S/C45H59FN8O8S/c1-9-53-35-16-15-28-19-31(35)32(40(53)30-13-12-17-47-38(30)27(4)61-8)21-45(5,6)25-62-37(55)14-10-11-18-54(50-46)42(57)33(20-36-48-34(28)24-63-36)49-41(56)39(26(2)3)51(7)44(60)52-22-29(23-52)43(58)59/h12-13,15-17,19,24,26-27,29,33,39,50H,9-11,14,18,20-23,25H2,1-8H3,(H,49,56)(H,58,59)/t27-,33-,39?/m0/s1. The molecule has 2 aliphatic rings. The number of hydrogen-bond donors (Lipinski definition) is 3. The highest BCUT2D eigenvalue weighted by Crippen LogP contribution is 2.42. The average Bonchev–Trinajstić information content (AvgIpc) is 3.82. The van der Waals surface area contributed by atoms with Crippen LogP contribution in [0.25, 0.3) is 33.4 Å². The summed E-state index contributed by atoms with van der Waals surface area (Å²) in [4.78, 5) is 78.5. The Labute approximate surface area is 371 Å². The van der Waals surface area contributed by atoms with E-state index in [1.807, 2.05) is 24.4 Å². The first kappa shape index (κ1) is 47.0. The van der Waals surface area contributed by atoms with Gasteiger partial charge in [-0.3, -0.25) is 24.2 Å². The molecule has 1 fully saturated rings. The predicted octanol–water partition coefficient (Wildman–Crippen LogP) is 6.19. The van der Waals surface area contributed by atoms with Crippen molar-refractivity contribution >= 4 is 52.0 Å². The number of carbonyl (C=O) groups is 5. The number of aliphatic carboxylic acids is 1. The number of likely N-dealkylation sites (tertiary alicyclic amines) is 1. The Balaban J connectivity index is 1.40. The first-order chi connectivity index (χ1) is 30.0. The first-order valence-electron chi connectivity index (χ1n) is 21.4. The van der Waals surface area contributed by atoms with E-state index < -0.39 is 59.1 Å². The Morgan fingerprint density at radius 2 is 1.89 bits per heavy atom. The lowest BCUT2D eigenvalue weighted by atomic mass is 9.84. The number of urea groups is 1. The number of carboxylic acids is 1. The highest BCUT2D eigenvalue weighted by Gasteiger charge is 2.41. The van der Waals surface area contributed by atoms with Gasteiger partial charge in [-0.15, -0.1) is 15.8 Å². The lowest BCUT2D eigenvalue weighted by Gasteiger charge is -2.41. The fraction of sp³-hybridized carbons (Fsp3) is 0.533. The maximum Gasteiger partial charge on any atom is 0.320 e. The van der Waals surface area contributed by atoms with Gasteiger partial charge in [0.1, 0.15) is 12.1 Å². The van der Waals surface area contributed by atoms with E-state index in [2.05, 4.69) is 48.9 Å². The number of amides is 4. The quantitative estimate of drug-likeness (QED) is 0.122. The van der Waals surface area contributed by atoms with Crippen LogP contribution in [0.1, 0.15) is 83.2 Å². The largest absolute Gasteiger partial charge is 0.481 e. The van der Waals surface area contributed by atoms with E-state index in [-0.39, 0.29) is 51.6 Å². The molecule has 3 atom stereocenters. The topological polar surface area (TPSA) is 189 Å². The van der Waals surface area contributed by atoms with Crippen LogP contribution in [-0.2, 0) is 48.0 Å². The number of methoxy groups -OCH3 is 1. The minimum atomic E-state index is -1.30. The molecule has 5 heterocycles. The third-order valence-corrected chi connectivity index (χ3v) is 12.8. The number of hydrogen-bond acceptors (Lipinski definition) is 11. The maximum atomic E-state index is 14.5. The molecule has 4 amide bonds. The fourth-order valence-electron chi connectivity index (χ4n) is 8.48. The van der Waals surface area contributed by atoms with Gasteiger partial charge in [-0.05, 0) is 68.9 Å². The maximum absolute atomic E-state index is 14.5. The number of fused-ring (bicyclic) bond motifs is 4. The van der Waals surface area contributed by atoms with Crippen LogP contribution in [0, 0.1) is 17.3 Å². The molecule has 4 aromatic rings. The molecule has 0 aliphatic carbocycles. The molecule has 18 heteroatoms. The SMILES string of the molecule is CCn1c(-c2cccnc2[C@H](C)OC)c2c3cc(ccc31)-c1csc(n1)C[C@H](NC(=O)C(C(C)C)N(C)C(=O)N1CC(C(=O)O)C1)C(=O)N(NF)CCCCC(=O)OCC(C)(C)C2. The van der Waals surface area contributed by atoms with E-state index >= 15 is 0 Å². The third-order valence-electron chi connectivity index (χ3n) is 11.9. The van der Waals surface area contributed by atoms with E-state index in [1.165, 1.54) is 33.8 Å². The summed E-state index contributed by atoms with van der Waals surface area (Å²) in [6.07, 6.45) is 2.54. The summed E-state index contributed by atoms with van der Waals surface area (Å²) in [5.74, 6) is -3.93. The van der Waals surface area contributed by atoms with Gasteiger partial charge in [0, 0.05) is 92.2 Å². The minimum absolute atomic E-state index is 0.0181. The Morgan fingerprint density at radius 1 is 1.14 bits per heavy atom. The van der Waals surface area contributed by atoms with Crippen molar-refractivity contribution in [2.75, 3.05) is 40.4 Å². The molecule has 0 spiro atoms. The molecule has 3 N–H and O–H groups in total. The smallest absolute Gasteiger partial charge is 0.320 e. The van der Waals surface area contributed by atoms with Crippen molar-refractivity contribution in [2.24, 2.45) is 17.3 Å². The number of benzene rings is 1. The van der Waals surface area contributed by atoms with E-state index in [1.54, 1.807) is 27.2 Å². The molecular weight excluding hydrogens is 832 g/mol. The van der Waals surface area contributed by atoms with Crippen molar-refractivity contribution in [2.45, 2.75) is 98.4 Å². The summed E-state index contributed by atoms with van der Waals surface area (Å²) in [6, 6.07) is 7.27. The van der Waals surface area contributed by atoms with Crippen molar-refractivity contribution in [3.8, 4) is 22.5 Å². The molecule has 16 nitrogen and oxygen atoms in total. The summed E-state index contributed by atoms with van der Waals surface area (Å²) in [7, 11) is 3.12. The molecule has 340 valence electrons. The zero-order chi connectivity index (χ0) is 45.7. The lowest BCUT2D eigenvalue weighted by molar-refractivity contribution is -0.147. The molecule has 2 aliphatic heterocycles. The number of pyridine rings is 1. The van der Waals surface area contributed by atoms with Crippen LogP contribution in [-0.4, -0.2) is 117 Å². The number of ether oxygens (including phenoxy) is 2. The number of hydrazine groups is 1. The molecule has 1 aromatic carbocycles. The number of nitrogens with one attached hydrogen (secondary N) is 2. The molecule has 6 rings (SSSR count). The Kier molecular flexibility index (Phi) is 14.9. The number of carboxylic acid groups (broad SMARTS) is 1. The molecule has 1 saturated heterocycles. The fourth-order valence-corrected chi connectivity index (χ4v) is 9.33. The van der Waals surface area contributed by atoms with E-state index in [0.29, 0.717) is 30.1 Å². The Hall–Kier alpha value is -5.46. The molecule has 4 bridgehead atoms. The van der Waals surface area contributed by atoms with Crippen LogP contribution in [0.4, 0.5) is 9.28 Å². The number of carbonyl (C=O) groups excluding carboxylic acids is 4. The van der Waals surface area contributed by atoms with Crippen molar-refractivity contribution in [1.82, 2.24) is 40.3 Å².